The van der Waals surface area contributed by atoms with Gasteiger partial charge in [-0.25, -0.2) is 0 Å². The molecule has 0 saturated heterocycles. The number of hydrogen-bond acceptors (Lipinski definition) is 2. The molecule has 0 aliphatic rings. The molecule has 0 rings (SSSR count). The number of halogens is 2. The monoisotopic (exact) mass is 268 g/mol. The van der Waals surface area contributed by atoms with E-state index in [9.17, 15) is 4.57 Å². The molecule has 0 saturated carbocycles. The van der Waals surface area contributed by atoms with E-state index in [0.717, 1.165) is 0 Å². The Kier molecular flexibility index (Phi) is 3.91. The van der Waals surface area contributed by atoms with Crippen LogP contribution >= 0.6 is 37.6 Å². The highest BCUT2D eigenvalue weighted by Crippen LogP contribution is 2.61. The summed E-state index contributed by atoms with van der Waals surface area (Å²) in [5, 5.41) is 0. The summed E-state index contributed by atoms with van der Waals surface area (Å²) in [6.07, 6.45) is -0.0600. The van der Waals surface area contributed by atoms with Crippen LogP contribution in [0.2, 0.25) is 0 Å². The summed E-state index contributed by atoms with van der Waals surface area (Å²) in [6.45, 7) is 3.57. The van der Waals surface area contributed by atoms with Gasteiger partial charge in [0.2, 0.25) is 0 Å². The fraction of sp³-hybridized carbons (Fsp3) is 1.00. The summed E-state index contributed by atoms with van der Waals surface area (Å²) in [6, 6.07) is 0. The van der Waals surface area contributed by atoms with Crippen molar-refractivity contribution in [3.05, 3.63) is 0 Å². The second-order valence-electron chi connectivity index (χ2n) is 1.57. The topological polar surface area (TPSA) is 26.3 Å². The van der Waals surface area contributed by atoms with Gasteiger partial charge in [0.25, 0.3) is 0 Å². The fourth-order valence-corrected chi connectivity index (χ4v) is 2.58. The summed E-state index contributed by atoms with van der Waals surface area (Å²) in [5.74, 6) is 0. The molecule has 0 heterocycles. The third kappa shape index (κ3) is 7.21. The Morgan fingerprint density at radius 3 is 2.12 bits per heavy atom. The first kappa shape index (κ1) is 9.21. The molecule has 0 radical (unpaired) electrons. The number of rotatable bonds is 2. The van der Waals surface area contributed by atoms with Crippen LogP contribution in [-0.2, 0) is 9.09 Å². The average Bonchev–Trinajstić information content (AvgIpc) is 1.21. The quantitative estimate of drug-likeness (QED) is 0.568. The first-order valence-corrected chi connectivity index (χ1v) is 7.41. The van der Waals surface area contributed by atoms with Crippen molar-refractivity contribution in [2.24, 2.45) is 0 Å². The van der Waals surface area contributed by atoms with Gasteiger partial charge in [0.05, 0.1) is 6.10 Å². The Balaban J connectivity index is 3.56. The predicted octanol–water partition coefficient (Wildman–Crippen LogP) is 3.19. The molecule has 8 heavy (non-hydrogen) atoms. The van der Waals surface area contributed by atoms with Crippen LogP contribution in [0.5, 0.6) is 0 Å². The SMILES string of the molecule is CC(C)OP(=O)(Cl)I. The summed E-state index contributed by atoms with van der Waals surface area (Å²) in [5.41, 5.74) is 0. The first-order chi connectivity index (χ1) is 3.42. The summed E-state index contributed by atoms with van der Waals surface area (Å²) in [7, 11) is 0. The minimum atomic E-state index is -2.78. The van der Waals surface area contributed by atoms with Gasteiger partial charge in [-0.2, -0.15) is 0 Å². The highest BCUT2D eigenvalue weighted by atomic mass is 127. The van der Waals surface area contributed by atoms with Gasteiger partial charge in [0.15, 0.2) is 0 Å². The molecule has 0 N–H and O–H groups in total. The van der Waals surface area contributed by atoms with Gasteiger partial charge in [-0.1, -0.05) is 0 Å². The third-order valence-electron chi connectivity index (χ3n) is 0.334. The summed E-state index contributed by atoms with van der Waals surface area (Å²) < 4.78 is 12.5. The molecule has 0 aliphatic heterocycles. The molecule has 50 valence electrons. The zero-order chi connectivity index (χ0) is 6.78. The maximum atomic E-state index is 10.6. The molecule has 0 fully saturated rings. The largest absolute Gasteiger partial charge is 0.347 e. The Bertz CT molecular complexity index is 110. The zero-order valence-electron chi connectivity index (χ0n) is 4.60. The fourth-order valence-electron chi connectivity index (χ4n) is 0.245. The lowest BCUT2D eigenvalue weighted by Gasteiger charge is -2.06. The summed E-state index contributed by atoms with van der Waals surface area (Å²) >= 11 is 6.84. The van der Waals surface area contributed by atoms with Crippen molar-refractivity contribution in [2.45, 2.75) is 20.0 Å². The molecule has 0 aromatic rings. The molecule has 5 heteroatoms. The number of hydrogen-bond donors (Lipinski definition) is 0. The van der Waals surface area contributed by atoms with E-state index in [4.69, 9.17) is 15.8 Å². The molecule has 0 amide bonds. The first-order valence-electron chi connectivity index (χ1n) is 2.09. The van der Waals surface area contributed by atoms with E-state index in [2.05, 4.69) is 0 Å². The van der Waals surface area contributed by atoms with Crippen LogP contribution in [0.3, 0.4) is 0 Å². The highest BCUT2D eigenvalue weighted by Gasteiger charge is 2.14. The van der Waals surface area contributed by atoms with Crippen LogP contribution in [0.15, 0.2) is 0 Å². The minimum absolute atomic E-state index is 0.0600. The van der Waals surface area contributed by atoms with Crippen LogP contribution < -0.4 is 0 Å². The van der Waals surface area contributed by atoms with Gasteiger partial charge in [-0.15, -0.1) is 0 Å². The van der Waals surface area contributed by atoms with Gasteiger partial charge >= 0.3 is 4.36 Å². The molecule has 0 aliphatic carbocycles. The lowest BCUT2D eigenvalue weighted by molar-refractivity contribution is 0.262. The lowest BCUT2D eigenvalue weighted by atomic mass is 10.5. The Hall–Kier alpha value is 1.21. The van der Waals surface area contributed by atoms with Crippen LogP contribution in [0.25, 0.3) is 0 Å². The zero-order valence-corrected chi connectivity index (χ0v) is 8.40. The summed E-state index contributed by atoms with van der Waals surface area (Å²) in [4.78, 5) is 0. The van der Waals surface area contributed by atoms with Crippen LogP contribution in [0.1, 0.15) is 13.8 Å². The van der Waals surface area contributed by atoms with Gasteiger partial charge in [0, 0.05) is 22.0 Å². The standard InChI is InChI=1S/C3H7ClIO2P/c1-3(2)7-8(4,5)6/h3H,1-2H3. The molecular formula is C3H7ClIO2P. The average molecular weight is 268 g/mol. The van der Waals surface area contributed by atoms with E-state index >= 15 is 0 Å². The molecule has 1 atom stereocenters. The van der Waals surface area contributed by atoms with E-state index in [1.807, 2.05) is 0 Å². The maximum absolute atomic E-state index is 10.6. The Labute approximate surface area is 66.7 Å². The van der Waals surface area contributed by atoms with Crippen LogP contribution in [-0.4, -0.2) is 6.10 Å². The predicted molar refractivity (Wildman–Crippen MR) is 43.7 cm³/mol. The van der Waals surface area contributed by atoms with Gasteiger partial charge in [0.1, 0.15) is 0 Å². The van der Waals surface area contributed by atoms with Gasteiger partial charge < -0.3 is 4.52 Å². The minimum Gasteiger partial charge on any atom is -0.308 e. The van der Waals surface area contributed by atoms with Crippen molar-refractivity contribution in [3.8, 4) is 0 Å². The Morgan fingerprint density at radius 2 is 2.12 bits per heavy atom. The smallest absolute Gasteiger partial charge is 0.308 e. The van der Waals surface area contributed by atoms with Crippen LogP contribution in [0, 0.1) is 0 Å². The molecule has 1 unspecified atom stereocenters. The van der Waals surface area contributed by atoms with E-state index in [1.54, 1.807) is 35.9 Å². The molecule has 0 aromatic carbocycles. The van der Waals surface area contributed by atoms with Gasteiger partial charge in [-0.3, -0.25) is 4.57 Å². The molecule has 0 aromatic heterocycles. The second-order valence-corrected chi connectivity index (χ2v) is 9.47. The Morgan fingerprint density at radius 1 is 1.75 bits per heavy atom. The van der Waals surface area contributed by atoms with Crippen molar-refractivity contribution < 1.29 is 9.09 Å². The van der Waals surface area contributed by atoms with E-state index in [1.165, 1.54) is 0 Å². The lowest BCUT2D eigenvalue weighted by Crippen LogP contribution is -1.93. The maximum Gasteiger partial charge on any atom is 0.347 e. The van der Waals surface area contributed by atoms with Crippen molar-refractivity contribution in [1.82, 2.24) is 0 Å². The highest BCUT2D eigenvalue weighted by molar-refractivity contribution is 14.2. The van der Waals surface area contributed by atoms with E-state index in [-0.39, 0.29) is 6.10 Å². The molecule has 2 nitrogen and oxygen atoms in total. The normalized spacial score (nSPS) is 18.6. The molecule has 0 spiro atoms. The van der Waals surface area contributed by atoms with Crippen molar-refractivity contribution in [2.75, 3.05) is 0 Å². The molecule has 0 bridgehead atoms. The van der Waals surface area contributed by atoms with Gasteiger partial charge in [-0.05, 0) is 25.1 Å². The van der Waals surface area contributed by atoms with Crippen molar-refractivity contribution >= 4 is 37.6 Å². The van der Waals surface area contributed by atoms with Crippen molar-refractivity contribution in [1.29, 1.82) is 0 Å². The molecular weight excluding hydrogens is 261 g/mol. The van der Waals surface area contributed by atoms with E-state index < -0.39 is 4.36 Å². The second kappa shape index (κ2) is 3.40. The van der Waals surface area contributed by atoms with E-state index in [0.29, 0.717) is 0 Å². The third-order valence-corrected chi connectivity index (χ3v) is 1.92. The van der Waals surface area contributed by atoms with Crippen LogP contribution in [0.4, 0.5) is 0 Å². The van der Waals surface area contributed by atoms with Crippen molar-refractivity contribution in [3.63, 3.8) is 0 Å².